The summed E-state index contributed by atoms with van der Waals surface area (Å²) < 4.78 is 33.8. The molecular weight excluding hydrogens is 396 g/mol. The summed E-state index contributed by atoms with van der Waals surface area (Å²) in [7, 11) is -1.95. The first-order valence-electron chi connectivity index (χ1n) is 9.19. The number of piperazine rings is 1. The Labute approximate surface area is 169 Å². The Morgan fingerprint density at radius 1 is 1.14 bits per heavy atom. The minimum Gasteiger partial charge on any atom is -0.452 e. The molecule has 0 N–H and O–H groups in total. The van der Waals surface area contributed by atoms with E-state index in [9.17, 15) is 18.0 Å². The van der Waals surface area contributed by atoms with Crippen LogP contribution in [-0.4, -0.2) is 72.1 Å². The summed E-state index contributed by atoms with van der Waals surface area (Å²) in [6.45, 7) is 4.10. The molecule has 2 aromatic rings. The third-order valence-electron chi connectivity index (χ3n) is 4.82. The van der Waals surface area contributed by atoms with Crippen molar-refractivity contribution in [2.24, 2.45) is 7.05 Å². The van der Waals surface area contributed by atoms with Gasteiger partial charge in [0.25, 0.3) is 5.91 Å². The van der Waals surface area contributed by atoms with Crippen molar-refractivity contribution in [3.63, 3.8) is 0 Å². The molecule has 3 rings (SSSR count). The largest absolute Gasteiger partial charge is 0.452 e. The van der Waals surface area contributed by atoms with Crippen molar-refractivity contribution >= 4 is 21.9 Å². The molecule has 0 saturated carbocycles. The van der Waals surface area contributed by atoms with Gasteiger partial charge in [0.2, 0.25) is 10.0 Å². The standard InChI is InChI=1S/C19H24N4O5S/c1-14-4-5-15(2)17(10-14)29(26,27)23-8-6-22(7-9-23)18(24)13-28-19(25)16-11-20-21(3)12-16/h4-5,10-12H,6-9,13H2,1-3H3. The van der Waals surface area contributed by atoms with Crippen molar-refractivity contribution in [1.29, 1.82) is 0 Å². The monoisotopic (exact) mass is 420 g/mol. The highest BCUT2D eigenvalue weighted by atomic mass is 32.2. The van der Waals surface area contributed by atoms with Gasteiger partial charge in [-0.15, -0.1) is 0 Å². The molecule has 0 radical (unpaired) electrons. The first kappa shape index (κ1) is 21.0. The predicted molar refractivity (Wildman–Crippen MR) is 105 cm³/mol. The van der Waals surface area contributed by atoms with Crippen LogP contribution in [0.2, 0.25) is 0 Å². The van der Waals surface area contributed by atoms with Crippen LogP contribution in [0.3, 0.4) is 0 Å². The van der Waals surface area contributed by atoms with E-state index in [4.69, 9.17) is 4.74 Å². The molecule has 10 heteroatoms. The zero-order chi connectivity index (χ0) is 21.2. The maximum absolute atomic E-state index is 13.0. The SMILES string of the molecule is Cc1ccc(C)c(S(=O)(=O)N2CCN(C(=O)COC(=O)c3cnn(C)c3)CC2)c1. The van der Waals surface area contributed by atoms with Crippen LogP contribution in [0, 0.1) is 13.8 Å². The van der Waals surface area contributed by atoms with E-state index in [1.165, 1.54) is 26.3 Å². The van der Waals surface area contributed by atoms with Crippen LogP contribution < -0.4 is 0 Å². The lowest BCUT2D eigenvalue weighted by molar-refractivity contribution is -0.135. The fraction of sp³-hybridized carbons (Fsp3) is 0.421. The van der Waals surface area contributed by atoms with E-state index in [2.05, 4.69) is 5.10 Å². The molecule has 1 saturated heterocycles. The summed E-state index contributed by atoms with van der Waals surface area (Å²) in [4.78, 5) is 26.0. The normalized spacial score (nSPS) is 15.3. The van der Waals surface area contributed by atoms with Crippen molar-refractivity contribution in [3.8, 4) is 0 Å². The molecule has 1 aliphatic rings. The topological polar surface area (TPSA) is 102 Å². The Balaban J connectivity index is 1.56. The van der Waals surface area contributed by atoms with Crippen molar-refractivity contribution in [2.45, 2.75) is 18.7 Å². The number of sulfonamides is 1. The van der Waals surface area contributed by atoms with Gasteiger partial charge >= 0.3 is 5.97 Å². The summed E-state index contributed by atoms with van der Waals surface area (Å²) in [5.41, 5.74) is 1.83. The number of benzene rings is 1. The predicted octanol–water partition coefficient (Wildman–Crippen LogP) is 0.727. The van der Waals surface area contributed by atoms with E-state index in [0.29, 0.717) is 10.5 Å². The fourth-order valence-corrected chi connectivity index (χ4v) is 4.86. The molecule has 0 bridgehead atoms. The highest BCUT2D eigenvalue weighted by molar-refractivity contribution is 7.89. The molecule has 0 aliphatic carbocycles. The molecule has 1 amide bonds. The Kier molecular flexibility index (Phi) is 6.04. The lowest BCUT2D eigenvalue weighted by Gasteiger charge is -2.34. The number of hydrogen-bond donors (Lipinski definition) is 0. The number of ether oxygens (including phenoxy) is 1. The van der Waals surface area contributed by atoms with Crippen LogP contribution >= 0.6 is 0 Å². The maximum Gasteiger partial charge on any atom is 0.341 e. The van der Waals surface area contributed by atoms with Gasteiger partial charge in [0.15, 0.2) is 6.61 Å². The van der Waals surface area contributed by atoms with Crippen molar-refractivity contribution in [1.82, 2.24) is 19.0 Å². The van der Waals surface area contributed by atoms with E-state index in [1.807, 2.05) is 13.0 Å². The molecule has 1 aromatic heterocycles. The number of esters is 1. The number of carbonyl (C=O) groups excluding carboxylic acids is 2. The second kappa shape index (κ2) is 8.34. The minimum absolute atomic E-state index is 0.192. The number of nitrogens with zero attached hydrogens (tertiary/aromatic N) is 4. The van der Waals surface area contributed by atoms with Crippen molar-refractivity contribution in [3.05, 3.63) is 47.3 Å². The Morgan fingerprint density at radius 3 is 2.45 bits per heavy atom. The minimum atomic E-state index is -3.62. The summed E-state index contributed by atoms with van der Waals surface area (Å²) in [6.07, 6.45) is 2.87. The number of amides is 1. The molecule has 9 nitrogen and oxygen atoms in total. The van der Waals surface area contributed by atoms with E-state index in [-0.39, 0.29) is 37.6 Å². The zero-order valence-corrected chi connectivity index (χ0v) is 17.5. The number of aryl methyl sites for hydroxylation is 3. The summed E-state index contributed by atoms with van der Waals surface area (Å²) in [6, 6.07) is 5.33. The van der Waals surface area contributed by atoms with Crippen molar-refractivity contribution in [2.75, 3.05) is 32.8 Å². The second-order valence-corrected chi connectivity index (χ2v) is 8.94. The summed E-state index contributed by atoms with van der Waals surface area (Å²) >= 11 is 0. The molecular formula is C19H24N4O5S. The quantitative estimate of drug-likeness (QED) is 0.661. The van der Waals surface area contributed by atoms with Gasteiger partial charge in [-0.3, -0.25) is 9.48 Å². The van der Waals surface area contributed by atoms with Gasteiger partial charge in [0.1, 0.15) is 0 Å². The van der Waals surface area contributed by atoms with Crippen LogP contribution in [0.15, 0.2) is 35.5 Å². The molecule has 1 fully saturated rings. The molecule has 0 spiro atoms. The summed E-state index contributed by atoms with van der Waals surface area (Å²) in [5, 5.41) is 3.88. The first-order chi connectivity index (χ1) is 13.7. The van der Waals surface area contributed by atoms with Gasteiger partial charge in [0, 0.05) is 39.4 Å². The van der Waals surface area contributed by atoms with Crippen LogP contribution in [0.5, 0.6) is 0 Å². The fourth-order valence-electron chi connectivity index (χ4n) is 3.13. The Bertz CT molecular complexity index is 1020. The average molecular weight is 420 g/mol. The Hall–Kier alpha value is -2.72. The molecule has 1 aliphatic heterocycles. The highest BCUT2D eigenvalue weighted by Crippen LogP contribution is 2.22. The van der Waals surface area contributed by atoms with Crippen LogP contribution in [0.1, 0.15) is 21.5 Å². The molecule has 156 valence electrons. The zero-order valence-electron chi connectivity index (χ0n) is 16.7. The van der Waals surface area contributed by atoms with E-state index in [0.717, 1.165) is 5.56 Å². The molecule has 1 aromatic carbocycles. The molecule has 0 unspecified atom stereocenters. The summed E-state index contributed by atoms with van der Waals surface area (Å²) in [5.74, 6) is -0.978. The van der Waals surface area contributed by atoms with E-state index >= 15 is 0 Å². The van der Waals surface area contributed by atoms with Crippen molar-refractivity contribution < 1.29 is 22.7 Å². The smallest absolute Gasteiger partial charge is 0.341 e. The van der Waals surface area contributed by atoms with Gasteiger partial charge in [0.05, 0.1) is 16.7 Å². The van der Waals surface area contributed by atoms with Crippen LogP contribution in [0.4, 0.5) is 0 Å². The van der Waals surface area contributed by atoms with Gasteiger partial charge < -0.3 is 9.64 Å². The van der Waals surface area contributed by atoms with Gasteiger partial charge in [-0.25, -0.2) is 13.2 Å². The molecule has 0 atom stereocenters. The van der Waals surface area contributed by atoms with E-state index < -0.39 is 22.6 Å². The molecule has 2 heterocycles. The third-order valence-corrected chi connectivity index (χ3v) is 6.86. The number of hydrogen-bond acceptors (Lipinski definition) is 6. The van der Waals surface area contributed by atoms with Crippen LogP contribution in [0.25, 0.3) is 0 Å². The van der Waals surface area contributed by atoms with Crippen LogP contribution in [-0.2, 0) is 26.6 Å². The second-order valence-electron chi connectivity index (χ2n) is 7.03. The van der Waals surface area contributed by atoms with Gasteiger partial charge in [-0.1, -0.05) is 12.1 Å². The van der Waals surface area contributed by atoms with E-state index in [1.54, 1.807) is 26.1 Å². The highest BCUT2D eigenvalue weighted by Gasteiger charge is 2.31. The number of carbonyl (C=O) groups is 2. The first-order valence-corrected chi connectivity index (χ1v) is 10.6. The van der Waals surface area contributed by atoms with Gasteiger partial charge in [-0.2, -0.15) is 9.40 Å². The number of rotatable bonds is 5. The number of aromatic nitrogens is 2. The third kappa shape index (κ3) is 4.65. The lowest BCUT2D eigenvalue weighted by atomic mass is 10.2. The Morgan fingerprint density at radius 2 is 1.83 bits per heavy atom. The molecule has 29 heavy (non-hydrogen) atoms. The maximum atomic E-state index is 13.0. The van der Waals surface area contributed by atoms with Gasteiger partial charge in [-0.05, 0) is 31.0 Å². The average Bonchev–Trinajstić information content (AvgIpc) is 3.14. The lowest BCUT2D eigenvalue weighted by Crippen LogP contribution is -2.51.